The van der Waals surface area contributed by atoms with Crippen molar-refractivity contribution in [1.29, 1.82) is 0 Å². The number of carbonyl (C=O) groups is 1. The highest BCUT2D eigenvalue weighted by atomic mass is 16.1. The lowest BCUT2D eigenvalue weighted by atomic mass is 9.90. The van der Waals surface area contributed by atoms with Gasteiger partial charge in [-0.3, -0.25) is 9.78 Å². The Kier molecular flexibility index (Phi) is 4.71. The standard InChI is InChI=1S/C21H22N4O/c1-25-10-7-15(8-11-25)21(26)14-18-13-17-12-16(5-6-20(17)24-23-18)19-4-2-3-9-22-19/h2-6,9,12-13,15H,7-8,10-11,14H2,1H3. The molecule has 0 atom stereocenters. The molecule has 0 spiro atoms. The van der Waals surface area contributed by atoms with Crippen molar-refractivity contribution in [2.45, 2.75) is 19.3 Å². The first kappa shape index (κ1) is 16.8. The van der Waals surface area contributed by atoms with Crippen LogP contribution in [-0.2, 0) is 11.2 Å². The summed E-state index contributed by atoms with van der Waals surface area (Å²) < 4.78 is 0. The fourth-order valence-electron chi connectivity index (χ4n) is 3.52. The highest BCUT2D eigenvalue weighted by molar-refractivity contribution is 5.86. The first-order valence-corrected chi connectivity index (χ1v) is 9.08. The molecule has 0 radical (unpaired) electrons. The summed E-state index contributed by atoms with van der Waals surface area (Å²) in [5.41, 5.74) is 3.55. The number of Topliss-reactive ketones (excluding diaryl/α,β-unsaturated/α-hetero) is 1. The predicted molar refractivity (Wildman–Crippen MR) is 102 cm³/mol. The topological polar surface area (TPSA) is 59.0 Å². The van der Waals surface area contributed by atoms with Crippen LogP contribution in [0.1, 0.15) is 18.5 Å². The van der Waals surface area contributed by atoms with E-state index in [1.54, 1.807) is 6.20 Å². The molecular weight excluding hydrogens is 324 g/mol. The van der Waals surface area contributed by atoms with Crippen molar-refractivity contribution < 1.29 is 4.79 Å². The van der Waals surface area contributed by atoms with E-state index in [2.05, 4.69) is 33.2 Å². The van der Waals surface area contributed by atoms with Gasteiger partial charge >= 0.3 is 0 Å². The molecule has 3 heterocycles. The second-order valence-electron chi connectivity index (χ2n) is 7.04. The van der Waals surface area contributed by atoms with E-state index in [1.165, 1.54) is 0 Å². The monoisotopic (exact) mass is 346 g/mol. The van der Waals surface area contributed by atoms with Crippen molar-refractivity contribution in [3.63, 3.8) is 0 Å². The molecule has 2 aromatic heterocycles. The molecule has 1 fully saturated rings. The molecule has 0 amide bonds. The minimum Gasteiger partial charge on any atom is -0.306 e. The highest BCUT2D eigenvalue weighted by Gasteiger charge is 2.23. The maximum absolute atomic E-state index is 12.6. The molecule has 3 aromatic rings. The zero-order valence-corrected chi connectivity index (χ0v) is 14.9. The molecular formula is C21H22N4O. The summed E-state index contributed by atoms with van der Waals surface area (Å²) in [5.74, 6) is 0.441. The highest BCUT2D eigenvalue weighted by Crippen LogP contribution is 2.23. The molecule has 26 heavy (non-hydrogen) atoms. The van der Waals surface area contributed by atoms with Gasteiger partial charge in [0, 0.05) is 23.1 Å². The molecule has 0 aliphatic carbocycles. The molecule has 5 nitrogen and oxygen atoms in total. The summed E-state index contributed by atoms with van der Waals surface area (Å²) in [6.45, 7) is 1.99. The van der Waals surface area contributed by atoms with Crippen LogP contribution in [0.4, 0.5) is 0 Å². The van der Waals surface area contributed by atoms with Gasteiger partial charge in [0.2, 0.25) is 0 Å². The van der Waals surface area contributed by atoms with E-state index in [4.69, 9.17) is 0 Å². The van der Waals surface area contributed by atoms with Gasteiger partial charge in [0.05, 0.1) is 23.3 Å². The van der Waals surface area contributed by atoms with Crippen LogP contribution in [0.25, 0.3) is 22.2 Å². The van der Waals surface area contributed by atoms with Crippen LogP contribution in [0, 0.1) is 5.92 Å². The summed E-state index contributed by atoms with van der Waals surface area (Å²) in [5, 5.41) is 9.55. The Bertz CT molecular complexity index is 918. The van der Waals surface area contributed by atoms with Crippen molar-refractivity contribution >= 4 is 16.7 Å². The first-order chi connectivity index (χ1) is 12.7. The fourth-order valence-corrected chi connectivity index (χ4v) is 3.52. The van der Waals surface area contributed by atoms with Gasteiger partial charge in [0.25, 0.3) is 0 Å². The van der Waals surface area contributed by atoms with E-state index in [0.717, 1.165) is 53.8 Å². The Morgan fingerprint density at radius 3 is 2.73 bits per heavy atom. The Balaban J connectivity index is 1.55. The molecule has 1 saturated heterocycles. The number of rotatable bonds is 4. The minimum atomic E-state index is 0.156. The summed E-state index contributed by atoms with van der Waals surface area (Å²) >= 11 is 0. The van der Waals surface area contributed by atoms with Crippen molar-refractivity contribution in [2.75, 3.05) is 20.1 Å². The maximum atomic E-state index is 12.6. The molecule has 1 aliphatic heterocycles. The lowest BCUT2D eigenvalue weighted by Crippen LogP contribution is -2.34. The smallest absolute Gasteiger partial charge is 0.142 e. The Labute approximate surface area is 153 Å². The molecule has 1 aromatic carbocycles. The average Bonchev–Trinajstić information content (AvgIpc) is 2.68. The molecule has 132 valence electrons. The number of hydrogen-bond donors (Lipinski definition) is 0. The lowest BCUT2D eigenvalue weighted by molar-refractivity contribution is -0.123. The molecule has 4 rings (SSSR count). The van der Waals surface area contributed by atoms with Gasteiger partial charge in [-0.1, -0.05) is 12.1 Å². The third kappa shape index (κ3) is 3.63. The third-order valence-electron chi connectivity index (χ3n) is 5.13. The van der Waals surface area contributed by atoms with Crippen molar-refractivity contribution in [3.8, 4) is 11.3 Å². The summed E-state index contributed by atoms with van der Waals surface area (Å²) in [4.78, 5) is 19.3. The second-order valence-corrected chi connectivity index (χ2v) is 7.04. The van der Waals surface area contributed by atoms with Crippen molar-refractivity contribution in [3.05, 3.63) is 54.4 Å². The van der Waals surface area contributed by atoms with Gasteiger partial charge in [0.15, 0.2) is 0 Å². The zero-order chi connectivity index (χ0) is 17.9. The second kappa shape index (κ2) is 7.30. The molecule has 0 saturated carbocycles. The van der Waals surface area contributed by atoms with Gasteiger partial charge in [-0.25, -0.2) is 0 Å². The SMILES string of the molecule is CN1CCC(C(=O)Cc2cc3cc(-c4ccccn4)ccc3nn2)CC1. The molecule has 5 heteroatoms. The summed E-state index contributed by atoms with van der Waals surface area (Å²) in [7, 11) is 2.11. The van der Waals surface area contributed by atoms with E-state index in [0.29, 0.717) is 6.42 Å². The van der Waals surface area contributed by atoms with E-state index >= 15 is 0 Å². The largest absolute Gasteiger partial charge is 0.306 e. The van der Waals surface area contributed by atoms with Gasteiger partial charge in [-0.05, 0) is 63.3 Å². The van der Waals surface area contributed by atoms with Gasteiger partial charge < -0.3 is 4.90 Å². The fraction of sp³-hybridized carbons (Fsp3) is 0.333. The number of benzene rings is 1. The zero-order valence-electron chi connectivity index (χ0n) is 14.9. The minimum absolute atomic E-state index is 0.156. The number of piperidine rings is 1. The molecule has 1 aliphatic rings. The average molecular weight is 346 g/mol. The number of hydrogen-bond acceptors (Lipinski definition) is 5. The van der Waals surface area contributed by atoms with E-state index in [-0.39, 0.29) is 11.7 Å². The van der Waals surface area contributed by atoms with E-state index < -0.39 is 0 Å². The Morgan fingerprint density at radius 1 is 1.12 bits per heavy atom. The number of aromatic nitrogens is 3. The van der Waals surface area contributed by atoms with Crippen LogP contribution < -0.4 is 0 Å². The van der Waals surface area contributed by atoms with Crippen LogP contribution in [0.15, 0.2) is 48.7 Å². The van der Waals surface area contributed by atoms with E-state index in [9.17, 15) is 4.79 Å². The van der Waals surface area contributed by atoms with Crippen LogP contribution >= 0.6 is 0 Å². The van der Waals surface area contributed by atoms with Gasteiger partial charge in [0.1, 0.15) is 5.78 Å². The summed E-state index contributed by atoms with van der Waals surface area (Å²) in [6, 6.07) is 13.9. The van der Waals surface area contributed by atoms with Crippen LogP contribution in [0.3, 0.4) is 0 Å². The van der Waals surface area contributed by atoms with Gasteiger partial charge in [-0.15, -0.1) is 0 Å². The number of carbonyl (C=O) groups excluding carboxylic acids is 1. The predicted octanol–water partition coefficient (Wildman–Crippen LogP) is 3.15. The third-order valence-corrected chi connectivity index (χ3v) is 5.13. The molecule has 0 unspecified atom stereocenters. The quantitative estimate of drug-likeness (QED) is 0.726. The van der Waals surface area contributed by atoms with Crippen molar-refractivity contribution in [1.82, 2.24) is 20.1 Å². The molecule has 0 bridgehead atoms. The summed E-state index contributed by atoms with van der Waals surface area (Å²) in [6.07, 6.45) is 4.04. The van der Waals surface area contributed by atoms with E-state index in [1.807, 2.05) is 36.4 Å². The van der Waals surface area contributed by atoms with Gasteiger partial charge in [-0.2, -0.15) is 10.2 Å². The van der Waals surface area contributed by atoms with Crippen molar-refractivity contribution in [2.24, 2.45) is 5.92 Å². The Morgan fingerprint density at radius 2 is 1.96 bits per heavy atom. The number of likely N-dealkylation sites (tertiary alicyclic amines) is 1. The number of ketones is 1. The normalized spacial score (nSPS) is 16.0. The number of pyridine rings is 1. The number of nitrogens with zero attached hydrogens (tertiary/aromatic N) is 4. The van der Waals surface area contributed by atoms with Crippen LogP contribution in [0.2, 0.25) is 0 Å². The maximum Gasteiger partial charge on any atom is 0.142 e. The molecule has 0 N–H and O–H groups in total. The first-order valence-electron chi connectivity index (χ1n) is 9.08. The lowest BCUT2D eigenvalue weighted by Gasteiger charge is -2.27. The number of fused-ring (bicyclic) bond motifs is 1. The van der Waals surface area contributed by atoms with Crippen LogP contribution in [-0.4, -0.2) is 46.0 Å². The van der Waals surface area contributed by atoms with Crippen LogP contribution in [0.5, 0.6) is 0 Å². The Hall–Kier alpha value is -2.66.